The van der Waals surface area contributed by atoms with Crippen LogP contribution in [0.4, 0.5) is 0 Å². The van der Waals surface area contributed by atoms with Crippen LogP contribution in [0.15, 0.2) is 18.2 Å². The summed E-state index contributed by atoms with van der Waals surface area (Å²) in [6.45, 7) is 0.857. The smallest absolute Gasteiger partial charge is 0.137 e. The molecule has 1 N–H and O–H groups in total. The van der Waals surface area contributed by atoms with Crippen LogP contribution in [0, 0.1) is 3.57 Å². The van der Waals surface area contributed by atoms with Gasteiger partial charge >= 0.3 is 0 Å². The topological polar surface area (TPSA) is 21.3 Å². The van der Waals surface area contributed by atoms with Crippen LogP contribution in [0.25, 0.3) is 0 Å². The first kappa shape index (κ1) is 10.8. The van der Waals surface area contributed by atoms with Gasteiger partial charge in [-0.15, -0.1) is 0 Å². The summed E-state index contributed by atoms with van der Waals surface area (Å²) < 4.78 is 7.10. The standard InChI is InChI=1S/C13H16INO/c14-11-4-1-3-10-12(15-9-6-7-9)5-2-8-16-13(10)11/h1,3-4,9,12,15H,2,5-8H2. The Morgan fingerprint density at radius 3 is 2.94 bits per heavy atom. The van der Waals surface area contributed by atoms with E-state index in [0.29, 0.717) is 6.04 Å². The van der Waals surface area contributed by atoms with Gasteiger partial charge in [-0.1, -0.05) is 12.1 Å². The maximum absolute atomic E-state index is 5.86. The predicted molar refractivity (Wildman–Crippen MR) is 72.8 cm³/mol. The lowest BCUT2D eigenvalue weighted by atomic mass is 10.0. The number of ether oxygens (including phenoxy) is 1. The molecule has 1 fully saturated rings. The van der Waals surface area contributed by atoms with E-state index < -0.39 is 0 Å². The molecule has 1 aromatic carbocycles. The molecule has 0 radical (unpaired) electrons. The van der Waals surface area contributed by atoms with Gasteiger partial charge in [-0.3, -0.25) is 0 Å². The van der Waals surface area contributed by atoms with Crippen molar-refractivity contribution in [1.82, 2.24) is 5.32 Å². The van der Waals surface area contributed by atoms with Crippen molar-refractivity contribution in [3.63, 3.8) is 0 Å². The molecule has 0 amide bonds. The lowest BCUT2D eigenvalue weighted by Gasteiger charge is -2.18. The van der Waals surface area contributed by atoms with E-state index in [2.05, 4.69) is 46.1 Å². The molecule has 1 saturated carbocycles. The van der Waals surface area contributed by atoms with Crippen LogP contribution >= 0.6 is 22.6 Å². The Labute approximate surface area is 110 Å². The SMILES string of the molecule is Ic1cccc2c1OCCCC2NC1CC1. The summed E-state index contributed by atoms with van der Waals surface area (Å²) in [4.78, 5) is 0. The number of hydrogen-bond acceptors (Lipinski definition) is 2. The van der Waals surface area contributed by atoms with Crippen molar-refractivity contribution in [2.24, 2.45) is 0 Å². The highest BCUT2D eigenvalue weighted by Crippen LogP contribution is 2.36. The molecule has 1 aliphatic heterocycles. The zero-order valence-corrected chi connectivity index (χ0v) is 11.4. The Balaban J connectivity index is 1.92. The largest absolute Gasteiger partial charge is 0.492 e. The van der Waals surface area contributed by atoms with Crippen molar-refractivity contribution in [2.75, 3.05) is 6.61 Å². The normalized spacial score (nSPS) is 24.4. The summed E-state index contributed by atoms with van der Waals surface area (Å²) in [5, 5.41) is 3.73. The minimum atomic E-state index is 0.500. The average Bonchev–Trinajstić information content (AvgIpc) is 3.08. The molecule has 86 valence electrons. The van der Waals surface area contributed by atoms with Crippen molar-refractivity contribution >= 4 is 22.6 Å². The van der Waals surface area contributed by atoms with Crippen LogP contribution in [0.5, 0.6) is 5.75 Å². The Morgan fingerprint density at radius 1 is 1.25 bits per heavy atom. The molecule has 16 heavy (non-hydrogen) atoms. The van der Waals surface area contributed by atoms with E-state index in [-0.39, 0.29) is 0 Å². The Bertz CT molecular complexity index is 390. The van der Waals surface area contributed by atoms with Crippen molar-refractivity contribution < 1.29 is 4.74 Å². The van der Waals surface area contributed by atoms with Crippen LogP contribution in [0.3, 0.4) is 0 Å². The van der Waals surface area contributed by atoms with Crippen LogP contribution in [-0.4, -0.2) is 12.6 Å². The lowest BCUT2D eigenvalue weighted by Crippen LogP contribution is -2.23. The minimum Gasteiger partial charge on any atom is -0.492 e. The summed E-state index contributed by atoms with van der Waals surface area (Å²) in [6, 6.07) is 7.73. The van der Waals surface area contributed by atoms with E-state index >= 15 is 0 Å². The molecule has 1 aliphatic carbocycles. The minimum absolute atomic E-state index is 0.500. The highest BCUT2D eigenvalue weighted by molar-refractivity contribution is 14.1. The van der Waals surface area contributed by atoms with Crippen molar-refractivity contribution in [1.29, 1.82) is 0 Å². The second kappa shape index (κ2) is 4.53. The molecule has 3 heteroatoms. The molecule has 2 aliphatic rings. The molecule has 0 saturated heterocycles. The second-order valence-corrected chi connectivity index (χ2v) is 5.80. The van der Waals surface area contributed by atoms with Crippen LogP contribution in [-0.2, 0) is 0 Å². The van der Waals surface area contributed by atoms with Gasteiger partial charge in [0.05, 0.1) is 10.2 Å². The number of fused-ring (bicyclic) bond motifs is 1. The molecule has 1 atom stereocenters. The van der Waals surface area contributed by atoms with Gasteiger partial charge < -0.3 is 10.1 Å². The molecule has 2 nitrogen and oxygen atoms in total. The number of nitrogens with one attached hydrogen (secondary N) is 1. The van der Waals surface area contributed by atoms with Crippen molar-refractivity contribution in [3.8, 4) is 5.75 Å². The van der Waals surface area contributed by atoms with Gasteiger partial charge in [0.2, 0.25) is 0 Å². The molecule has 3 rings (SSSR count). The Morgan fingerprint density at radius 2 is 2.12 bits per heavy atom. The van der Waals surface area contributed by atoms with E-state index in [1.165, 1.54) is 28.4 Å². The molecule has 1 heterocycles. The van der Waals surface area contributed by atoms with Crippen LogP contribution < -0.4 is 10.1 Å². The molecule has 0 bridgehead atoms. The van der Waals surface area contributed by atoms with Crippen molar-refractivity contribution in [2.45, 2.75) is 37.8 Å². The van der Waals surface area contributed by atoms with E-state index in [9.17, 15) is 0 Å². The van der Waals surface area contributed by atoms with Gasteiger partial charge in [0, 0.05) is 17.6 Å². The second-order valence-electron chi connectivity index (χ2n) is 4.64. The third-order valence-electron chi connectivity index (χ3n) is 3.27. The highest BCUT2D eigenvalue weighted by Gasteiger charge is 2.28. The summed E-state index contributed by atoms with van der Waals surface area (Å²) in [5.41, 5.74) is 1.36. The van der Waals surface area contributed by atoms with E-state index in [1.54, 1.807) is 0 Å². The zero-order chi connectivity index (χ0) is 11.0. The van der Waals surface area contributed by atoms with Crippen molar-refractivity contribution in [3.05, 3.63) is 27.3 Å². The third kappa shape index (κ3) is 2.20. The Kier molecular flexibility index (Phi) is 3.07. The molecule has 1 unspecified atom stereocenters. The number of para-hydroxylation sites is 1. The summed E-state index contributed by atoms with van der Waals surface area (Å²) in [7, 11) is 0. The van der Waals surface area contributed by atoms with Gasteiger partial charge in [-0.05, 0) is 54.3 Å². The van der Waals surface area contributed by atoms with Gasteiger partial charge in [-0.25, -0.2) is 0 Å². The summed E-state index contributed by atoms with van der Waals surface area (Å²) >= 11 is 2.37. The molecule has 0 aromatic heterocycles. The van der Waals surface area contributed by atoms with E-state index in [4.69, 9.17) is 4.74 Å². The Hall–Kier alpha value is -0.290. The van der Waals surface area contributed by atoms with Crippen LogP contribution in [0.2, 0.25) is 0 Å². The number of halogens is 1. The highest BCUT2D eigenvalue weighted by atomic mass is 127. The monoisotopic (exact) mass is 329 g/mol. The third-order valence-corrected chi connectivity index (χ3v) is 4.12. The van der Waals surface area contributed by atoms with Gasteiger partial charge in [0.15, 0.2) is 0 Å². The first-order valence-electron chi connectivity index (χ1n) is 6.02. The molecule has 1 aromatic rings. The first-order chi connectivity index (χ1) is 7.84. The first-order valence-corrected chi connectivity index (χ1v) is 7.10. The zero-order valence-electron chi connectivity index (χ0n) is 9.21. The number of rotatable bonds is 2. The molecular weight excluding hydrogens is 313 g/mol. The molecule has 0 spiro atoms. The van der Waals surface area contributed by atoms with E-state index in [0.717, 1.165) is 24.8 Å². The summed E-state index contributed by atoms with van der Waals surface area (Å²) in [6.07, 6.45) is 5.03. The lowest BCUT2D eigenvalue weighted by molar-refractivity contribution is 0.313. The van der Waals surface area contributed by atoms with Crippen LogP contribution in [0.1, 0.15) is 37.3 Å². The maximum atomic E-state index is 5.86. The average molecular weight is 329 g/mol. The molecular formula is C13H16INO. The van der Waals surface area contributed by atoms with E-state index in [1.807, 2.05) is 0 Å². The number of hydrogen-bond donors (Lipinski definition) is 1. The fourth-order valence-corrected chi connectivity index (χ4v) is 2.95. The fraction of sp³-hybridized carbons (Fsp3) is 0.538. The fourth-order valence-electron chi connectivity index (χ4n) is 2.28. The number of benzene rings is 1. The van der Waals surface area contributed by atoms with Gasteiger partial charge in [-0.2, -0.15) is 0 Å². The maximum Gasteiger partial charge on any atom is 0.137 e. The quantitative estimate of drug-likeness (QED) is 0.841. The van der Waals surface area contributed by atoms with Gasteiger partial charge in [0.1, 0.15) is 5.75 Å². The summed E-state index contributed by atoms with van der Waals surface area (Å²) in [5.74, 6) is 1.11. The predicted octanol–water partition coefficient (Wildman–Crippen LogP) is 3.26. The van der Waals surface area contributed by atoms with Gasteiger partial charge in [0.25, 0.3) is 0 Å².